The molecule has 0 fully saturated rings. The van der Waals surface area contributed by atoms with Crippen LogP contribution in [0.3, 0.4) is 0 Å². The molecule has 0 aliphatic rings. The van der Waals surface area contributed by atoms with Crippen LogP contribution in [-0.4, -0.2) is 22.1 Å². The van der Waals surface area contributed by atoms with Gasteiger partial charge in [-0.25, -0.2) is 13.6 Å². The Labute approximate surface area is 163 Å². The Hall–Kier alpha value is -3.20. The fourth-order valence-corrected chi connectivity index (χ4v) is 2.89. The first kappa shape index (κ1) is 19.6. The standard InChI is InChI=1S/C19H15F2N3O3S/c1-2-11-3-6-13(7-4-11)22-17(25)18-24-23-16(28-18)10-27-19(26)12-5-8-14(20)15(21)9-12/h3-9H,2,10H2,1H3,(H,22,25). The number of hydrogen-bond acceptors (Lipinski definition) is 6. The van der Waals surface area contributed by atoms with Crippen molar-refractivity contribution in [1.82, 2.24) is 10.2 Å². The molecule has 0 saturated carbocycles. The van der Waals surface area contributed by atoms with Crippen LogP contribution in [0, 0.1) is 11.6 Å². The van der Waals surface area contributed by atoms with E-state index >= 15 is 0 Å². The molecule has 0 saturated heterocycles. The summed E-state index contributed by atoms with van der Waals surface area (Å²) >= 11 is 0.965. The zero-order valence-electron chi connectivity index (χ0n) is 14.7. The van der Waals surface area contributed by atoms with Crippen molar-refractivity contribution < 1.29 is 23.1 Å². The van der Waals surface area contributed by atoms with Crippen molar-refractivity contribution in [3.05, 3.63) is 75.2 Å². The molecule has 6 nitrogen and oxygen atoms in total. The molecule has 0 radical (unpaired) electrons. The van der Waals surface area contributed by atoms with Gasteiger partial charge in [-0.1, -0.05) is 30.4 Å². The minimum absolute atomic E-state index is 0.110. The van der Waals surface area contributed by atoms with Crippen LogP contribution in [0.25, 0.3) is 0 Å². The summed E-state index contributed by atoms with van der Waals surface area (Å²) in [4.78, 5) is 24.1. The molecule has 0 bridgehead atoms. The summed E-state index contributed by atoms with van der Waals surface area (Å²) in [5.41, 5.74) is 1.65. The summed E-state index contributed by atoms with van der Waals surface area (Å²) in [7, 11) is 0. The highest BCUT2D eigenvalue weighted by atomic mass is 32.1. The van der Waals surface area contributed by atoms with Crippen LogP contribution in [0.1, 0.15) is 37.7 Å². The van der Waals surface area contributed by atoms with Gasteiger partial charge in [0.25, 0.3) is 5.91 Å². The molecule has 0 unspecified atom stereocenters. The van der Waals surface area contributed by atoms with Gasteiger partial charge in [-0.2, -0.15) is 0 Å². The summed E-state index contributed by atoms with van der Waals surface area (Å²) in [6.07, 6.45) is 0.900. The van der Waals surface area contributed by atoms with E-state index in [-0.39, 0.29) is 17.2 Å². The monoisotopic (exact) mass is 403 g/mol. The van der Waals surface area contributed by atoms with Crippen LogP contribution < -0.4 is 5.32 Å². The van der Waals surface area contributed by atoms with Gasteiger partial charge in [-0.15, -0.1) is 10.2 Å². The average molecular weight is 403 g/mol. The van der Waals surface area contributed by atoms with Gasteiger partial charge >= 0.3 is 5.97 Å². The van der Waals surface area contributed by atoms with Crippen molar-refractivity contribution in [2.24, 2.45) is 0 Å². The highest BCUT2D eigenvalue weighted by Gasteiger charge is 2.16. The van der Waals surface area contributed by atoms with Gasteiger partial charge in [0.05, 0.1) is 5.56 Å². The van der Waals surface area contributed by atoms with Gasteiger partial charge in [-0.3, -0.25) is 4.79 Å². The quantitative estimate of drug-likeness (QED) is 0.630. The number of rotatable bonds is 6. The Morgan fingerprint density at radius 3 is 2.50 bits per heavy atom. The first-order valence-electron chi connectivity index (χ1n) is 8.31. The number of ether oxygens (including phenoxy) is 1. The molecule has 0 aliphatic carbocycles. The molecular formula is C19H15F2N3O3S. The van der Waals surface area contributed by atoms with Gasteiger partial charge in [0.15, 0.2) is 16.6 Å². The molecular weight excluding hydrogens is 388 g/mol. The molecule has 9 heteroatoms. The van der Waals surface area contributed by atoms with Gasteiger partial charge in [0, 0.05) is 5.69 Å². The van der Waals surface area contributed by atoms with Gasteiger partial charge in [0.1, 0.15) is 6.61 Å². The molecule has 0 aliphatic heterocycles. The number of aryl methyl sites for hydroxylation is 1. The number of benzene rings is 2. The van der Waals surface area contributed by atoms with E-state index in [1.54, 1.807) is 12.1 Å². The van der Waals surface area contributed by atoms with Crippen molar-refractivity contribution >= 4 is 28.9 Å². The van der Waals surface area contributed by atoms with Crippen LogP contribution in [0.4, 0.5) is 14.5 Å². The van der Waals surface area contributed by atoms with Crippen molar-refractivity contribution in [2.45, 2.75) is 20.0 Å². The zero-order chi connectivity index (χ0) is 20.1. The largest absolute Gasteiger partial charge is 0.455 e. The molecule has 1 N–H and O–H groups in total. The van der Waals surface area contributed by atoms with Gasteiger partial charge < -0.3 is 10.1 Å². The van der Waals surface area contributed by atoms with E-state index < -0.39 is 23.5 Å². The predicted octanol–water partition coefficient (Wildman–Crippen LogP) is 3.99. The van der Waals surface area contributed by atoms with Crippen molar-refractivity contribution in [3.8, 4) is 0 Å². The lowest BCUT2D eigenvalue weighted by Gasteiger charge is -2.03. The highest BCUT2D eigenvalue weighted by molar-refractivity contribution is 7.13. The maximum Gasteiger partial charge on any atom is 0.338 e. The molecule has 1 heterocycles. The number of hydrogen-bond donors (Lipinski definition) is 1. The Morgan fingerprint density at radius 1 is 1.07 bits per heavy atom. The number of anilines is 1. The van der Waals surface area contributed by atoms with E-state index in [0.717, 1.165) is 41.5 Å². The van der Waals surface area contributed by atoms with E-state index in [9.17, 15) is 18.4 Å². The summed E-state index contributed by atoms with van der Waals surface area (Å²) < 4.78 is 31.1. The van der Waals surface area contributed by atoms with Gasteiger partial charge in [-0.05, 0) is 42.3 Å². The third-order valence-corrected chi connectivity index (χ3v) is 4.66. The Bertz CT molecular complexity index is 1010. The Kier molecular flexibility index (Phi) is 6.05. The fourth-order valence-electron chi connectivity index (χ4n) is 2.25. The van der Waals surface area contributed by atoms with Crippen molar-refractivity contribution in [3.63, 3.8) is 0 Å². The molecule has 1 amide bonds. The minimum Gasteiger partial charge on any atom is -0.455 e. The number of esters is 1. The second-order valence-corrected chi connectivity index (χ2v) is 6.77. The number of carbonyl (C=O) groups is 2. The Morgan fingerprint density at radius 2 is 1.82 bits per heavy atom. The van der Waals surface area contributed by atoms with Crippen LogP contribution >= 0.6 is 11.3 Å². The second-order valence-electron chi connectivity index (χ2n) is 5.71. The van der Waals surface area contributed by atoms with E-state index in [1.807, 2.05) is 19.1 Å². The number of nitrogens with one attached hydrogen (secondary N) is 1. The van der Waals surface area contributed by atoms with E-state index in [4.69, 9.17) is 4.74 Å². The lowest BCUT2D eigenvalue weighted by Crippen LogP contribution is -2.11. The lowest BCUT2D eigenvalue weighted by atomic mass is 10.1. The smallest absolute Gasteiger partial charge is 0.338 e. The number of halogens is 2. The van der Waals surface area contributed by atoms with Crippen LogP contribution in [0.15, 0.2) is 42.5 Å². The summed E-state index contributed by atoms with van der Waals surface area (Å²) in [5, 5.41) is 10.7. The van der Waals surface area contributed by atoms with E-state index in [2.05, 4.69) is 15.5 Å². The molecule has 0 atom stereocenters. The number of carbonyl (C=O) groups excluding carboxylic acids is 2. The third kappa shape index (κ3) is 4.74. The summed E-state index contributed by atoms with van der Waals surface area (Å²) in [6.45, 7) is 1.80. The third-order valence-electron chi connectivity index (χ3n) is 3.76. The summed E-state index contributed by atoms with van der Waals surface area (Å²) in [6, 6.07) is 10.1. The molecule has 3 rings (SSSR count). The maximum atomic E-state index is 13.2. The molecule has 144 valence electrons. The first-order valence-corrected chi connectivity index (χ1v) is 9.12. The number of aromatic nitrogens is 2. The highest BCUT2D eigenvalue weighted by Crippen LogP contribution is 2.16. The van der Waals surface area contributed by atoms with Crippen LogP contribution in [0.2, 0.25) is 0 Å². The van der Waals surface area contributed by atoms with Crippen molar-refractivity contribution in [2.75, 3.05) is 5.32 Å². The molecule has 2 aromatic carbocycles. The molecule has 0 spiro atoms. The normalized spacial score (nSPS) is 10.5. The lowest BCUT2D eigenvalue weighted by molar-refractivity contribution is 0.0471. The van der Waals surface area contributed by atoms with Crippen LogP contribution in [0.5, 0.6) is 0 Å². The number of amides is 1. The second kappa shape index (κ2) is 8.66. The van der Waals surface area contributed by atoms with E-state index in [0.29, 0.717) is 10.7 Å². The first-order chi connectivity index (χ1) is 13.5. The molecule has 3 aromatic rings. The summed E-state index contributed by atoms with van der Waals surface area (Å²) in [5.74, 6) is -3.46. The van der Waals surface area contributed by atoms with E-state index in [1.165, 1.54) is 0 Å². The van der Waals surface area contributed by atoms with Crippen LogP contribution in [-0.2, 0) is 17.8 Å². The van der Waals surface area contributed by atoms with Crippen molar-refractivity contribution in [1.29, 1.82) is 0 Å². The molecule has 28 heavy (non-hydrogen) atoms. The SMILES string of the molecule is CCc1ccc(NC(=O)c2nnc(COC(=O)c3ccc(F)c(F)c3)s2)cc1. The zero-order valence-corrected chi connectivity index (χ0v) is 15.6. The van der Waals surface area contributed by atoms with Gasteiger partial charge in [0.2, 0.25) is 5.01 Å². The average Bonchev–Trinajstić information content (AvgIpc) is 3.18. The predicted molar refractivity (Wildman–Crippen MR) is 99.2 cm³/mol. The Balaban J connectivity index is 1.57. The number of nitrogens with zero attached hydrogens (tertiary/aromatic N) is 2. The molecule has 1 aromatic heterocycles. The minimum atomic E-state index is -1.14. The maximum absolute atomic E-state index is 13.2. The topological polar surface area (TPSA) is 81.2 Å². The fraction of sp³-hybridized carbons (Fsp3) is 0.158.